The van der Waals surface area contributed by atoms with E-state index in [1.807, 2.05) is 58.0 Å². The average molecular weight is 604 g/mol. The second-order valence-electron chi connectivity index (χ2n) is 12.8. The molecular formula is C33H53N3O7. The van der Waals surface area contributed by atoms with Gasteiger partial charge in [0.2, 0.25) is 11.8 Å². The Bertz CT molecular complexity index is 1130. The maximum atomic E-state index is 14.2. The number of ether oxygens (including phenoxy) is 3. The first kappa shape index (κ1) is 37.6. The molecule has 1 rings (SSSR count). The average Bonchev–Trinajstić information content (AvgIpc) is 2.92. The first-order chi connectivity index (χ1) is 19.8. The van der Waals surface area contributed by atoms with Crippen molar-refractivity contribution in [3.63, 3.8) is 0 Å². The molecule has 0 aromatic heterocycles. The topological polar surface area (TPSA) is 114 Å². The highest BCUT2D eigenvalue weighted by Gasteiger charge is 2.45. The molecule has 1 N–H and O–H groups in total. The number of benzene rings is 1. The third-order valence-electron chi connectivity index (χ3n) is 7.42. The van der Waals surface area contributed by atoms with Gasteiger partial charge in [0, 0.05) is 32.2 Å². The number of likely N-dealkylation sites (N-methyl/N-ethyl adjacent to an activating group) is 2. The normalized spacial score (nSPS) is 15.2. The van der Waals surface area contributed by atoms with Crippen LogP contribution in [0.15, 0.2) is 42.0 Å². The minimum Gasteiger partial charge on any atom is -0.463 e. The van der Waals surface area contributed by atoms with E-state index < -0.39 is 59.1 Å². The molecule has 0 aliphatic heterocycles. The highest BCUT2D eigenvalue weighted by atomic mass is 16.6. The molecule has 10 heteroatoms. The van der Waals surface area contributed by atoms with Crippen molar-refractivity contribution < 1.29 is 33.4 Å². The van der Waals surface area contributed by atoms with E-state index in [9.17, 15) is 19.2 Å². The number of amides is 3. The monoisotopic (exact) mass is 603 g/mol. The first-order valence-electron chi connectivity index (χ1n) is 14.8. The van der Waals surface area contributed by atoms with Gasteiger partial charge in [-0.3, -0.25) is 14.5 Å². The molecule has 1 aromatic carbocycles. The maximum Gasteiger partial charge on any atom is 0.410 e. The smallest absolute Gasteiger partial charge is 0.410 e. The van der Waals surface area contributed by atoms with Crippen LogP contribution < -0.4 is 5.32 Å². The Labute approximate surface area is 258 Å². The Morgan fingerprint density at radius 2 is 1.51 bits per heavy atom. The van der Waals surface area contributed by atoms with Crippen molar-refractivity contribution in [1.82, 2.24) is 15.1 Å². The molecule has 0 radical (unpaired) electrons. The first-order valence-corrected chi connectivity index (χ1v) is 14.8. The number of nitrogens with zero attached hydrogens (tertiary/aromatic N) is 2. The Kier molecular flexibility index (Phi) is 13.9. The standard InChI is InChI=1S/C33H53N3O7/c1-14-42-30(39)22(4)20-25(21(2)3)35(11)29(38)26(23(5)41-13)34-28(37)27(36(12)31(40)43-32(6,7)8)33(9,10)24-18-16-15-17-19-24/h15-21,23,25-27H,14H2,1-13H3,(H,34,37)/b22-20+/t23?,25-,26+,27-/m1/s1. The lowest BCUT2D eigenvalue weighted by Crippen LogP contribution is -2.63. The summed E-state index contributed by atoms with van der Waals surface area (Å²) in [4.78, 5) is 56.6. The molecule has 0 aliphatic rings. The fraction of sp³-hybridized carbons (Fsp3) is 0.636. The zero-order valence-corrected chi connectivity index (χ0v) is 28.3. The Hall–Kier alpha value is -3.40. The molecule has 0 saturated heterocycles. The van der Waals surface area contributed by atoms with Crippen LogP contribution in [0.4, 0.5) is 4.79 Å². The third kappa shape index (κ3) is 10.4. The highest BCUT2D eigenvalue weighted by molar-refractivity contribution is 5.93. The zero-order chi connectivity index (χ0) is 33.3. The maximum absolute atomic E-state index is 14.2. The van der Waals surface area contributed by atoms with E-state index in [1.54, 1.807) is 54.7 Å². The van der Waals surface area contributed by atoms with Gasteiger partial charge in [0.15, 0.2) is 0 Å². The highest BCUT2D eigenvalue weighted by Crippen LogP contribution is 2.31. The zero-order valence-electron chi connectivity index (χ0n) is 28.3. The van der Waals surface area contributed by atoms with Gasteiger partial charge in [-0.25, -0.2) is 9.59 Å². The van der Waals surface area contributed by atoms with Crippen molar-refractivity contribution in [3.8, 4) is 0 Å². The number of hydrogen-bond donors (Lipinski definition) is 1. The van der Waals surface area contributed by atoms with Crippen LogP contribution in [-0.4, -0.2) is 91.3 Å². The molecular weight excluding hydrogens is 550 g/mol. The Morgan fingerprint density at radius 1 is 0.953 bits per heavy atom. The fourth-order valence-corrected chi connectivity index (χ4v) is 4.89. The van der Waals surface area contributed by atoms with Crippen molar-refractivity contribution in [2.45, 2.75) is 104 Å². The molecule has 10 nitrogen and oxygen atoms in total. The van der Waals surface area contributed by atoms with Crippen LogP contribution in [0.1, 0.15) is 74.8 Å². The van der Waals surface area contributed by atoms with Gasteiger partial charge in [-0.05, 0) is 53.0 Å². The lowest BCUT2D eigenvalue weighted by Gasteiger charge is -2.41. The van der Waals surface area contributed by atoms with Crippen molar-refractivity contribution >= 4 is 23.9 Å². The van der Waals surface area contributed by atoms with Crippen LogP contribution >= 0.6 is 0 Å². The minimum absolute atomic E-state index is 0.0596. The largest absolute Gasteiger partial charge is 0.463 e. The second kappa shape index (κ2) is 15.9. The van der Waals surface area contributed by atoms with Gasteiger partial charge in [-0.15, -0.1) is 0 Å². The quantitative estimate of drug-likeness (QED) is 0.257. The summed E-state index contributed by atoms with van der Waals surface area (Å²) in [5.74, 6) is -1.47. The van der Waals surface area contributed by atoms with Crippen molar-refractivity contribution in [2.75, 3.05) is 27.8 Å². The summed E-state index contributed by atoms with van der Waals surface area (Å²) in [5, 5.41) is 2.90. The fourth-order valence-electron chi connectivity index (χ4n) is 4.89. The van der Waals surface area contributed by atoms with Crippen LogP contribution in [0.5, 0.6) is 0 Å². The lowest BCUT2D eigenvalue weighted by molar-refractivity contribution is -0.142. The van der Waals surface area contributed by atoms with E-state index in [0.29, 0.717) is 5.57 Å². The van der Waals surface area contributed by atoms with Crippen molar-refractivity contribution in [1.29, 1.82) is 0 Å². The van der Waals surface area contributed by atoms with Gasteiger partial charge >= 0.3 is 12.1 Å². The van der Waals surface area contributed by atoms with Crippen molar-refractivity contribution in [2.24, 2.45) is 5.92 Å². The number of nitrogens with one attached hydrogen (secondary N) is 1. The molecule has 0 aliphatic carbocycles. The molecule has 0 spiro atoms. The van der Waals surface area contributed by atoms with Gasteiger partial charge in [0.05, 0.1) is 18.8 Å². The lowest BCUT2D eigenvalue weighted by atomic mass is 9.76. The van der Waals surface area contributed by atoms with E-state index >= 15 is 0 Å². The van der Waals surface area contributed by atoms with Crippen LogP contribution in [0, 0.1) is 5.92 Å². The minimum atomic E-state index is -1.10. The molecule has 1 aromatic rings. The van der Waals surface area contributed by atoms with E-state index in [1.165, 1.54) is 24.0 Å². The third-order valence-corrected chi connectivity index (χ3v) is 7.42. The van der Waals surface area contributed by atoms with E-state index in [2.05, 4.69) is 5.32 Å². The van der Waals surface area contributed by atoms with E-state index in [4.69, 9.17) is 14.2 Å². The molecule has 43 heavy (non-hydrogen) atoms. The number of carbonyl (C=O) groups is 4. The van der Waals surface area contributed by atoms with Crippen LogP contribution in [0.25, 0.3) is 0 Å². The number of esters is 1. The predicted octanol–water partition coefficient (Wildman–Crippen LogP) is 4.71. The summed E-state index contributed by atoms with van der Waals surface area (Å²) in [5.41, 5.74) is -0.461. The predicted molar refractivity (Wildman–Crippen MR) is 167 cm³/mol. The molecule has 4 atom stereocenters. The molecule has 0 heterocycles. The number of rotatable bonds is 13. The van der Waals surface area contributed by atoms with Gasteiger partial charge in [0.25, 0.3) is 0 Å². The molecule has 0 fully saturated rings. The molecule has 0 saturated carbocycles. The number of hydrogen-bond acceptors (Lipinski definition) is 7. The molecule has 242 valence electrons. The van der Waals surface area contributed by atoms with Gasteiger partial charge < -0.3 is 24.4 Å². The SMILES string of the molecule is CCOC(=O)/C(C)=C/[C@H](C(C)C)N(C)C(=O)[C@@H](NC(=O)[C@@H](N(C)C(=O)OC(C)(C)C)C(C)(C)c1ccccc1)C(C)OC. The summed E-state index contributed by atoms with van der Waals surface area (Å²) in [6.07, 6.45) is 0.319. The Morgan fingerprint density at radius 3 is 1.98 bits per heavy atom. The second-order valence-corrected chi connectivity index (χ2v) is 12.8. The molecule has 0 bridgehead atoms. The van der Waals surface area contributed by atoms with E-state index in [-0.39, 0.29) is 12.5 Å². The number of carbonyl (C=O) groups excluding carboxylic acids is 4. The van der Waals surface area contributed by atoms with Gasteiger partial charge in [0.1, 0.15) is 17.7 Å². The summed E-state index contributed by atoms with van der Waals surface area (Å²) >= 11 is 0. The van der Waals surface area contributed by atoms with Crippen LogP contribution in [0.2, 0.25) is 0 Å². The summed E-state index contributed by atoms with van der Waals surface area (Å²) in [6, 6.07) is 6.77. The van der Waals surface area contributed by atoms with Gasteiger partial charge in [-0.1, -0.05) is 64.1 Å². The van der Waals surface area contributed by atoms with Gasteiger partial charge in [-0.2, -0.15) is 0 Å². The summed E-state index contributed by atoms with van der Waals surface area (Å²) < 4.78 is 16.3. The van der Waals surface area contributed by atoms with Crippen LogP contribution in [-0.2, 0) is 34.0 Å². The molecule has 1 unspecified atom stereocenters. The summed E-state index contributed by atoms with van der Waals surface area (Å²) in [7, 11) is 4.60. The molecule has 3 amide bonds. The number of methoxy groups -OCH3 is 1. The van der Waals surface area contributed by atoms with Crippen molar-refractivity contribution in [3.05, 3.63) is 47.5 Å². The van der Waals surface area contributed by atoms with Crippen LogP contribution in [0.3, 0.4) is 0 Å². The Balaban J connectivity index is 3.55. The summed E-state index contributed by atoms with van der Waals surface area (Å²) in [6.45, 7) is 18.2. The van der Waals surface area contributed by atoms with E-state index in [0.717, 1.165) is 5.56 Å².